The number of fused-ring (bicyclic) bond motifs is 1. The van der Waals surface area contributed by atoms with Crippen molar-refractivity contribution in [3.63, 3.8) is 0 Å². The minimum absolute atomic E-state index is 0.220. The third-order valence-electron chi connectivity index (χ3n) is 7.46. The molecule has 4 fully saturated rings. The van der Waals surface area contributed by atoms with Crippen LogP contribution in [-0.2, 0) is 17.8 Å². The fourth-order valence-electron chi connectivity index (χ4n) is 6.72. The molecule has 6 rings (SSSR count). The third kappa shape index (κ3) is 2.80. The number of amides is 1. The Morgan fingerprint density at radius 1 is 1.19 bits per heavy atom. The molecule has 1 aliphatic heterocycles. The fraction of sp³-hybridized carbons (Fsp3) is 0.762. The summed E-state index contributed by atoms with van der Waals surface area (Å²) in [6.45, 7) is 4.42. The lowest BCUT2D eigenvalue weighted by atomic mass is 9.49. The third-order valence-corrected chi connectivity index (χ3v) is 7.46. The van der Waals surface area contributed by atoms with Gasteiger partial charge >= 0.3 is 0 Å². The second-order valence-electron chi connectivity index (χ2n) is 9.34. The van der Waals surface area contributed by atoms with Crippen molar-refractivity contribution in [3.05, 3.63) is 17.6 Å². The summed E-state index contributed by atoms with van der Waals surface area (Å²) in [5, 5.41) is 3.73. The van der Waals surface area contributed by atoms with Crippen LogP contribution in [0, 0.1) is 23.2 Å². The van der Waals surface area contributed by atoms with Gasteiger partial charge in [-0.1, -0.05) is 6.92 Å². The van der Waals surface area contributed by atoms with E-state index in [4.69, 9.17) is 0 Å². The number of nitrogens with zero attached hydrogens (tertiary/aromatic N) is 3. The lowest BCUT2D eigenvalue weighted by molar-refractivity contribution is -0.131. The van der Waals surface area contributed by atoms with Crippen LogP contribution in [0.1, 0.15) is 63.1 Å². The number of nitrogens with one attached hydrogen (secondary N) is 1. The standard InChI is InChI=1S/C21H30N4O/c1-2-19(26)25-4-3-17-18(11-25)23-13-24-20(17)22-12-21-8-14-5-15(9-21)7-16(6-14)10-21/h13-16H,2-12H2,1H3,(H,22,23,24). The Bertz CT molecular complexity index is 681. The zero-order valence-electron chi connectivity index (χ0n) is 15.8. The molecule has 5 heteroatoms. The van der Waals surface area contributed by atoms with E-state index in [1.165, 1.54) is 44.1 Å². The largest absolute Gasteiger partial charge is 0.369 e. The molecule has 0 unspecified atom stereocenters. The van der Waals surface area contributed by atoms with Crippen molar-refractivity contribution in [3.8, 4) is 0 Å². The summed E-state index contributed by atoms with van der Waals surface area (Å²) >= 11 is 0. The summed E-state index contributed by atoms with van der Waals surface area (Å²) in [6.07, 6.45) is 11.8. The maximum atomic E-state index is 12.0. The number of rotatable bonds is 4. The lowest BCUT2D eigenvalue weighted by Gasteiger charge is -2.57. The minimum atomic E-state index is 0.220. The number of carbonyl (C=O) groups excluding carboxylic acids is 1. The molecule has 4 saturated carbocycles. The molecule has 0 aromatic carbocycles. The number of hydrogen-bond donors (Lipinski definition) is 1. The first kappa shape index (κ1) is 16.5. The first-order valence-electron chi connectivity index (χ1n) is 10.5. The molecule has 0 spiro atoms. The molecule has 26 heavy (non-hydrogen) atoms. The molecule has 1 amide bonds. The Kier molecular flexibility index (Phi) is 3.94. The Balaban J connectivity index is 1.31. The summed E-state index contributed by atoms with van der Waals surface area (Å²) in [6, 6.07) is 0. The van der Waals surface area contributed by atoms with Gasteiger partial charge in [-0.05, 0) is 68.1 Å². The van der Waals surface area contributed by atoms with Crippen LogP contribution in [0.2, 0.25) is 0 Å². The van der Waals surface area contributed by atoms with Gasteiger partial charge in [-0.25, -0.2) is 9.97 Å². The highest BCUT2D eigenvalue weighted by Gasteiger charge is 2.50. The smallest absolute Gasteiger partial charge is 0.222 e. The van der Waals surface area contributed by atoms with Crippen molar-refractivity contribution in [2.75, 3.05) is 18.4 Å². The summed E-state index contributed by atoms with van der Waals surface area (Å²) < 4.78 is 0. The molecule has 1 aromatic rings. The highest BCUT2D eigenvalue weighted by molar-refractivity contribution is 5.76. The van der Waals surface area contributed by atoms with Crippen LogP contribution in [0.15, 0.2) is 6.33 Å². The van der Waals surface area contributed by atoms with Crippen LogP contribution in [-0.4, -0.2) is 33.9 Å². The first-order chi connectivity index (χ1) is 12.6. The van der Waals surface area contributed by atoms with Crippen LogP contribution in [0.4, 0.5) is 5.82 Å². The van der Waals surface area contributed by atoms with Gasteiger partial charge in [0.25, 0.3) is 0 Å². The Labute approximate surface area is 156 Å². The van der Waals surface area contributed by atoms with Crippen LogP contribution in [0.25, 0.3) is 0 Å². The van der Waals surface area contributed by atoms with Gasteiger partial charge in [0, 0.05) is 25.1 Å². The van der Waals surface area contributed by atoms with Gasteiger partial charge in [0.2, 0.25) is 5.91 Å². The average molecular weight is 354 g/mol. The number of aromatic nitrogens is 2. The number of hydrogen-bond acceptors (Lipinski definition) is 4. The molecule has 4 aliphatic carbocycles. The van der Waals surface area contributed by atoms with E-state index >= 15 is 0 Å². The SMILES string of the molecule is CCC(=O)N1CCc2c(ncnc2NCC23CC4CC(CC(C4)C2)C3)C1. The molecule has 0 radical (unpaired) electrons. The van der Waals surface area contributed by atoms with Crippen molar-refractivity contribution in [1.82, 2.24) is 14.9 Å². The van der Waals surface area contributed by atoms with Crippen molar-refractivity contribution < 1.29 is 4.79 Å². The molecule has 5 aliphatic rings. The molecule has 0 atom stereocenters. The molecule has 1 aromatic heterocycles. The van der Waals surface area contributed by atoms with Crippen LogP contribution >= 0.6 is 0 Å². The molecular weight excluding hydrogens is 324 g/mol. The van der Waals surface area contributed by atoms with Crippen LogP contribution in [0.5, 0.6) is 0 Å². The lowest BCUT2D eigenvalue weighted by Crippen LogP contribution is -2.49. The predicted molar refractivity (Wildman–Crippen MR) is 101 cm³/mol. The maximum absolute atomic E-state index is 12.0. The molecule has 4 bridgehead atoms. The van der Waals surface area contributed by atoms with E-state index in [1.54, 1.807) is 6.33 Å². The quantitative estimate of drug-likeness (QED) is 0.900. The molecule has 2 heterocycles. The van der Waals surface area contributed by atoms with Gasteiger partial charge in [0.15, 0.2) is 0 Å². The van der Waals surface area contributed by atoms with E-state index in [0.29, 0.717) is 18.4 Å². The van der Waals surface area contributed by atoms with Crippen molar-refractivity contribution >= 4 is 11.7 Å². The van der Waals surface area contributed by atoms with Gasteiger partial charge in [-0.2, -0.15) is 0 Å². The Morgan fingerprint density at radius 3 is 2.54 bits per heavy atom. The van der Waals surface area contributed by atoms with Gasteiger partial charge in [-0.15, -0.1) is 0 Å². The van der Waals surface area contributed by atoms with Crippen molar-refractivity contribution in [2.24, 2.45) is 23.2 Å². The maximum Gasteiger partial charge on any atom is 0.222 e. The molecule has 5 nitrogen and oxygen atoms in total. The second kappa shape index (κ2) is 6.21. The Morgan fingerprint density at radius 2 is 1.88 bits per heavy atom. The van der Waals surface area contributed by atoms with E-state index in [-0.39, 0.29) is 5.91 Å². The van der Waals surface area contributed by atoms with E-state index in [9.17, 15) is 4.79 Å². The molecule has 140 valence electrons. The normalized spacial score (nSPS) is 34.7. The molecule has 0 saturated heterocycles. The summed E-state index contributed by atoms with van der Waals surface area (Å²) in [5.74, 6) is 4.19. The zero-order valence-corrected chi connectivity index (χ0v) is 15.8. The van der Waals surface area contributed by atoms with Crippen LogP contribution in [0.3, 0.4) is 0 Å². The van der Waals surface area contributed by atoms with Gasteiger partial charge in [0.05, 0.1) is 12.2 Å². The predicted octanol–water partition coefficient (Wildman–Crippen LogP) is 3.40. The summed E-state index contributed by atoms with van der Waals surface area (Å²) in [4.78, 5) is 23.0. The first-order valence-corrected chi connectivity index (χ1v) is 10.5. The zero-order chi connectivity index (χ0) is 17.7. The minimum Gasteiger partial charge on any atom is -0.369 e. The van der Waals surface area contributed by atoms with Gasteiger partial charge in [0.1, 0.15) is 12.1 Å². The summed E-state index contributed by atoms with van der Waals surface area (Å²) in [7, 11) is 0. The van der Waals surface area contributed by atoms with E-state index in [1.807, 2.05) is 11.8 Å². The van der Waals surface area contributed by atoms with Crippen LogP contribution < -0.4 is 5.32 Å². The molecule has 1 N–H and O–H groups in total. The monoisotopic (exact) mass is 354 g/mol. The highest BCUT2D eigenvalue weighted by atomic mass is 16.2. The summed E-state index contributed by atoms with van der Waals surface area (Å²) in [5.41, 5.74) is 2.77. The van der Waals surface area contributed by atoms with Gasteiger partial charge in [-0.3, -0.25) is 4.79 Å². The van der Waals surface area contributed by atoms with E-state index < -0.39 is 0 Å². The number of anilines is 1. The van der Waals surface area contributed by atoms with E-state index in [0.717, 1.165) is 48.8 Å². The van der Waals surface area contributed by atoms with Crippen molar-refractivity contribution in [1.29, 1.82) is 0 Å². The average Bonchev–Trinajstić information content (AvgIpc) is 2.64. The topological polar surface area (TPSA) is 58.1 Å². The highest BCUT2D eigenvalue weighted by Crippen LogP contribution is 2.59. The molecular formula is C21H30N4O. The Hall–Kier alpha value is -1.65. The second-order valence-corrected chi connectivity index (χ2v) is 9.34. The van der Waals surface area contributed by atoms with Gasteiger partial charge < -0.3 is 10.2 Å². The number of carbonyl (C=O) groups is 1. The van der Waals surface area contributed by atoms with E-state index in [2.05, 4.69) is 15.3 Å². The van der Waals surface area contributed by atoms with Crippen molar-refractivity contribution in [2.45, 2.75) is 64.8 Å². The fourth-order valence-corrected chi connectivity index (χ4v) is 6.72.